The molecule has 0 aromatic rings. The van der Waals surface area contributed by atoms with Gasteiger partial charge in [0.15, 0.2) is 0 Å². The Labute approximate surface area is 89.0 Å². The number of carbonyl (C=O) groups excluding carboxylic acids is 2. The highest BCUT2D eigenvalue weighted by Gasteiger charge is 2.48. The van der Waals surface area contributed by atoms with Crippen LogP contribution in [-0.4, -0.2) is 40.3 Å². The second-order valence-corrected chi connectivity index (χ2v) is 4.66. The Hall–Kier alpha value is -1.10. The molecule has 15 heavy (non-hydrogen) atoms. The summed E-state index contributed by atoms with van der Waals surface area (Å²) in [5.74, 6) is -0.782. The summed E-state index contributed by atoms with van der Waals surface area (Å²) in [6.07, 6.45) is 2.33. The number of amides is 1. The number of hydrogen-bond acceptors (Lipinski definition) is 4. The summed E-state index contributed by atoms with van der Waals surface area (Å²) in [5, 5.41) is 9.97. The monoisotopic (exact) mass is 214 g/mol. The largest absolute Gasteiger partial charge is 0.456 e. The number of carbonyl (C=O) groups is 1. The SMILES string of the molecule is CC(C)(C)OC(=O)C1(O)CCCN1[C]=O. The first kappa shape index (κ1) is 12.0. The molecule has 0 aromatic carbocycles. The summed E-state index contributed by atoms with van der Waals surface area (Å²) < 4.78 is 5.05. The van der Waals surface area contributed by atoms with Gasteiger partial charge in [0.25, 0.3) is 0 Å². The number of esters is 1. The van der Waals surface area contributed by atoms with Gasteiger partial charge in [-0.1, -0.05) is 0 Å². The van der Waals surface area contributed by atoms with E-state index >= 15 is 0 Å². The van der Waals surface area contributed by atoms with Crippen LogP contribution in [0.5, 0.6) is 0 Å². The predicted octanol–water partition coefficient (Wildman–Crippen LogP) is 0.180. The van der Waals surface area contributed by atoms with E-state index in [4.69, 9.17) is 4.74 Å². The molecular weight excluding hydrogens is 198 g/mol. The van der Waals surface area contributed by atoms with Gasteiger partial charge < -0.3 is 9.84 Å². The second-order valence-electron chi connectivity index (χ2n) is 4.66. The third-order valence-electron chi connectivity index (χ3n) is 2.19. The fraction of sp³-hybridized carbons (Fsp3) is 0.800. The average Bonchev–Trinajstić information content (AvgIpc) is 2.45. The van der Waals surface area contributed by atoms with E-state index in [0.717, 1.165) is 4.90 Å². The molecule has 5 heteroatoms. The molecule has 0 aromatic heterocycles. The average molecular weight is 214 g/mol. The van der Waals surface area contributed by atoms with Crippen LogP contribution in [0, 0.1) is 0 Å². The van der Waals surface area contributed by atoms with E-state index in [9.17, 15) is 14.7 Å². The Balaban J connectivity index is 2.77. The van der Waals surface area contributed by atoms with Crippen molar-refractivity contribution < 1.29 is 19.4 Å². The van der Waals surface area contributed by atoms with Gasteiger partial charge >= 0.3 is 12.4 Å². The normalized spacial score (nSPS) is 26.5. The predicted molar refractivity (Wildman–Crippen MR) is 52.4 cm³/mol. The Morgan fingerprint density at radius 1 is 1.53 bits per heavy atom. The van der Waals surface area contributed by atoms with Gasteiger partial charge in [-0.2, -0.15) is 0 Å². The van der Waals surface area contributed by atoms with Crippen LogP contribution < -0.4 is 0 Å². The van der Waals surface area contributed by atoms with Crippen LogP contribution in [0.2, 0.25) is 0 Å². The quantitative estimate of drug-likeness (QED) is 0.666. The standard InChI is InChI=1S/C10H16NO4/c1-9(2,3)15-8(13)10(14)5-4-6-11(10)7-12/h14H,4-6H2,1-3H3. The second kappa shape index (κ2) is 3.81. The van der Waals surface area contributed by atoms with Crippen LogP contribution in [0.4, 0.5) is 0 Å². The molecule has 1 fully saturated rings. The molecule has 1 atom stereocenters. The maximum absolute atomic E-state index is 11.7. The molecular formula is C10H16NO4. The van der Waals surface area contributed by atoms with Crippen LogP contribution >= 0.6 is 0 Å². The van der Waals surface area contributed by atoms with E-state index in [1.807, 2.05) is 0 Å². The number of rotatable bonds is 2. The van der Waals surface area contributed by atoms with Crippen molar-refractivity contribution in [2.45, 2.75) is 44.9 Å². The van der Waals surface area contributed by atoms with Crippen molar-refractivity contribution >= 4 is 12.4 Å². The minimum Gasteiger partial charge on any atom is -0.456 e. The number of hydrogen-bond donors (Lipinski definition) is 1. The van der Waals surface area contributed by atoms with Crippen molar-refractivity contribution in [3.05, 3.63) is 0 Å². The molecule has 1 amide bonds. The minimum absolute atomic E-state index is 0.206. The fourth-order valence-corrected chi connectivity index (χ4v) is 1.50. The molecule has 5 nitrogen and oxygen atoms in total. The van der Waals surface area contributed by atoms with Crippen LogP contribution in [0.15, 0.2) is 0 Å². The molecule has 1 radical (unpaired) electrons. The summed E-state index contributed by atoms with van der Waals surface area (Å²) >= 11 is 0. The zero-order valence-electron chi connectivity index (χ0n) is 9.24. The van der Waals surface area contributed by atoms with E-state index in [-0.39, 0.29) is 6.42 Å². The topological polar surface area (TPSA) is 66.8 Å². The molecule has 1 rings (SSSR count). The van der Waals surface area contributed by atoms with Crippen molar-refractivity contribution in [1.82, 2.24) is 4.90 Å². The van der Waals surface area contributed by atoms with Gasteiger partial charge in [-0.05, 0) is 27.2 Å². The van der Waals surface area contributed by atoms with Crippen LogP contribution in [0.25, 0.3) is 0 Å². The van der Waals surface area contributed by atoms with E-state index in [2.05, 4.69) is 0 Å². The molecule has 1 aliphatic heterocycles. The van der Waals surface area contributed by atoms with Gasteiger partial charge in [0.1, 0.15) is 5.60 Å². The molecule has 0 bridgehead atoms. The first-order valence-corrected chi connectivity index (χ1v) is 4.91. The maximum atomic E-state index is 11.7. The summed E-state index contributed by atoms with van der Waals surface area (Å²) in [4.78, 5) is 23.1. The number of likely N-dealkylation sites (tertiary alicyclic amines) is 1. The van der Waals surface area contributed by atoms with Gasteiger partial charge in [-0.25, -0.2) is 4.79 Å². The Kier molecular flexibility index (Phi) is 3.04. The summed E-state index contributed by atoms with van der Waals surface area (Å²) in [5.41, 5.74) is -2.50. The molecule has 0 aliphatic carbocycles. The van der Waals surface area contributed by atoms with Crippen molar-refractivity contribution in [2.24, 2.45) is 0 Å². The number of ether oxygens (including phenoxy) is 1. The lowest BCUT2D eigenvalue weighted by Crippen LogP contribution is -2.52. The summed E-state index contributed by atoms with van der Waals surface area (Å²) in [6.45, 7) is 5.45. The Morgan fingerprint density at radius 3 is 2.60 bits per heavy atom. The highest BCUT2D eigenvalue weighted by atomic mass is 16.6. The maximum Gasteiger partial charge on any atom is 0.360 e. The molecule has 1 saturated heterocycles. The van der Waals surface area contributed by atoms with Crippen LogP contribution in [-0.2, 0) is 14.3 Å². The first-order valence-electron chi connectivity index (χ1n) is 4.91. The third-order valence-corrected chi connectivity index (χ3v) is 2.19. The lowest BCUT2D eigenvalue weighted by molar-refractivity contribution is -0.188. The van der Waals surface area contributed by atoms with Gasteiger partial charge in [-0.15, -0.1) is 0 Å². The van der Waals surface area contributed by atoms with Gasteiger partial charge in [0.05, 0.1) is 0 Å². The zero-order chi connectivity index (χ0) is 11.7. The smallest absolute Gasteiger partial charge is 0.360 e. The fourth-order valence-electron chi connectivity index (χ4n) is 1.50. The van der Waals surface area contributed by atoms with Crippen LogP contribution in [0.3, 0.4) is 0 Å². The summed E-state index contributed by atoms with van der Waals surface area (Å²) in [7, 11) is 0. The minimum atomic E-state index is -1.82. The zero-order valence-corrected chi connectivity index (χ0v) is 9.24. The lowest BCUT2D eigenvalue weighted by atomic mass is 10.1. The number of nitrogens with zero attached hydrogens (tertiary/aromatic N) is 1. The van der Waals surface area contributed by atoms with Crippen molar-refractivity contribution in [3.63, 3.8) is 0 Å². The number of aliphatic hydroxyl groups is 1. The van der Waals surface area contributed by atoms with Crippen molar-refractivity contribution in [1.29, 1.82) is 0 Å². The highest BCUT2D eigenvalue weighted by Crippen LogP contribution is 2.28. The molecule has 85 valence electrons. The van der Waals surface area contributed by atoms with Crippen molar-refractivity contribution in [3.8, 4) is 0 Å². The van der Waals surface area contributed by atoms with E-state index < -0.39 is 17.3 Å². The van der Waals surface area contributed by atoms with Crippen molar-refractivity contribution in [2.75, 3.05) is 6.54 Å². The van der Waals surface area contributed by atoms with Gasteiger partial charge in [0, 0.05) is 13.0 Å². The molecule has 0 saturated carbocycles. The Morgan fingerprint density at radius 2 is 2.13 bits per heavy atom. The van der Waals surface area contributed by atoms with E-state index in [0.29, 0.717) is 13.0 Å². The summed E-state index contributed by atoms with van der Waals surface area (Å²) in [6, 6.07) is 0. The lowest BCUT2D eigenvalue weighted by Gasteiger charge is -2.31. The highest BCUT2D eigenvalue weighted by molar-refractivity contribution is 5.82. The van der Waals surface area contributed by atoms with E-state index in [1.54, 1.807) is 27.2 Å². The van der Waals surface area contributed by atoms with Gasteiger partial charge in [-0.3, -0.25) is 9.69 Å². The molecule has 1 aliphatic rings. The van der Waals surface area contributed by atoms with E-state index in [1.165, 1.54) is 0 Å². The molecule has 1 heterocycles. The third kappa shape index (κ3) is 2.47. The Bertz CT molecular complexity index is 271. The van der Waals surface area contributed by atoms with Crippen LogP contribution in [0.1, 0.15) is 33.6 Å². The first-order chi connectivity index (χ1) is 6.79. The molecule has 0 spiro atoms. The molecule has 1 unspecified atom stereocenters. The van der Waals surface area contributed by atoms with Gasteiger partial charge in [0.2, 0.25) is 5.72 Å². The molecule has 1 N–H and O–H groups in total.